The van der Waals surface area contributed by atoms with E-state index in [1.54, 1.807) is 47.9 Å². The summed E-state index contributed by atoms with van der Waals surface area (Å²) in [6.45, 7) is 0.788. The largest absolute Gasteiger partial charge is 0.455 e. The summed E-state index contributed by atoms with van der Waals surface area (Å²) < 4.78 is 5.97. The number of hydrogen-bond donors (Lipinski definition) is 1. The summed E-state index contributed by atoms with van der Waals surface area (Å²) in [6.07, 6.45) is 6.86. The predicted octanol–water partition coefficient (Wildman–Crippen LogP) is 6.16. The Morgan fingerprint density at radius 2 is 1.66 bits per heavy atom. The van der Waals surface area contributed by atoms with Gasteiger partial charge in [-0.2, -0.15) is 0 Å². The predicted molar refractivity (Wildman–Crippen MR) is 125 cm³/mol. The number of rotatable bonds is 7. The molecule has 6 nitrogen and oxygen atoms in total. The second-order valence-electron chi connectivity index (χ2n) is 7.06. The maximum absolute atomic E-state index is 13.3. The molecular weight excluding hydrogens is 424 g/mol. The van der Waals surface area contributed by atoms with Crippen LogP contribution in [0.15, 0.2) is 97.6 Å². The number of anilines is 1. The first-order valence-electron chi connectivity index (χ1n) is 10.0. The smallest absolute Gasteiger partial charge is 0.322 e. The van der Waals surface area contributed by atoms with Gasteiger partial charge in [0, 0.05) is 42.9 Å². The van der Waals surface area contributed by atoms with E-state index in [0.717, 1.165) is 11.1 Å². The van der Waals surface area contributed by atoms with Crippen LogP contribution in [0.5, 0.6) is 11.5 Å². The molecule has 4 rings (SSSR count). The van der Waals surface area contributed by atoms with E-state index in [-0.39, 0.29) is 6.03 Å². The molecule has 0 atom stereocenters. The molecule has 0 fully saturated rings. The molecule has 0 aliphatic rings. The highest BCUT2D eigenvalue weighted by molar-refractivity contribution is 6.31. The number of hydrogen-bond acceptors (Lipinski definition) is 4. The van der Waals surface area contributed by atoms with E-state index in [1.807, 2.05) is 54.6 Å². The zero-order valence-electron chi connectivity index (χ0n) is 17.2. The van der Waals surface area contributed by atoms with Crippen molar-refractivity contribution < 1.29 is 9.53 Å². The normalized spacial score (nSPS) is 10.4. The second-order valence-corrected chi connectivity index (χ2v) is 7.49. The molecule has 4 aromatic rings. The number of halogens is 1. The fourth-order valence-electron chi connectivity index (χ4n) is 3.12. The highest BCUT2D eigenvalue weighted by Crippen LogP contribution is 2.32. The number of nitrogens with zero attached hydrogens (tertiary/aromatic N) is 3. The van der Waals surface area contributed by atoms with E-state index in [2.05, 4.69) is 15.3 Å². The number of pyridine rings is 2. The lowest BCUT2D eigenvalue weighted by molar-refractivity contribution is 0.206. The molecule has 0 bridgehead atoms. The van der Waals surface area contributed by atoms with Crippen LogP contribution in [-0.2, 0) is 13.1 Å². The van der Waals surface area contributed by atoms with Gasteiger partial charge in [-0.1, -0.05) is 35.9 Å². The Bertz CT molecular complexity index is 1120. The highest BCUT2D eigenvalue weighted by Gasteiger charge is 2.18. The molecule has 0 saturated heterocycles. The summed E-state index contributed by atoms with van der Waals surface area (Å²) in [7, 11) is 0. The van der Waals surface area contributed by atoms with Gasteiger partial charge in [0.15, 0.2) is 5.75 Å². The van der Waals surface area contributed by atoms with Crippen LogP contribution in [0.1, 0.15) is 11.1 Å². The van der Waals surface area contributed by atoms with E-state index in [1.165, 1.54) is 0 Å². The van der Waals surface area contributed by atoms with Crippen molar-refractivity contribution in [1.82, 2.24) is 14.9 Å². The van der Waals surface area contributed by atoms with E-state index in [9.17, 15) is 4.79 Å². The lowest BCUT2D eigenvalue weighted by Crippen LogP contribution is -2.34. The van der Waals surface area contributed by atoms with Crippen molar-refractivity contribution in [1.29, 1.82) is 0 Å². The maximum Gasteiger partial charge on any atom is 0.322 e. The molecule has 0 radical (unpaired) electrons. The van der Waals surface area contributed by atoms with E-state index < -0.39 is 0 Å². The van der Waals surface area contributed by atoms with E-state index >= 15 is 0 Å². The summed E-state index contributed by atoms with van der Waals surface area (Å²) in [5.41, 5.74) is 2.37. The number of carbonyl (C=O) groups excluding carboxylic acids is 1. The van der Waals surface area contributed by atoms with Gasteiger partial charge in [0.25, 0.3) is 0 Å². The Labute approximate surface area is 191 Å². The number of aromatic nitrogens is 2. The van der Waals surface area contributed by atoms with Crippen molar-refractivity contribution in [2.24, 2.45) is 0 Å². The quantitative estimate of drug-likeness (QED) is 0.371. The van der Waals surface area contributed by atoms with Crippen LogP contribution in [-0.4, -0.2) is 20.9 Å². The molecule has 0 saturated carbocycles. The number of nitrogens with one attached hydrogen (secondary N) is 1. The molecule has 32 heavy (non-hydrogen) atoms. The van der Waals surface area contributed by atoms with Gasteiger partial charge in [0.2, 0.25) is 0 Å². The van der Waals surface area contributed by atoms with Crippen molar-refractivity contribution in [3.63, 3.8) is 0 Å². The minimum atomic E-state index is -0.286. The third kappa shape index (κ3) is 5.83. The summed E-state index contributed by atoms with van der Waals surface area (Å²) in [4.78, 5) is 23.2. The molecule has 0 aliphatic carbocycles. The van der Waals surface area contributed by atoms with Gasteiger partial charge in [-0.05, 0) is 59.7 Å². The summed E-state index contributed by atoms with van der Waals surface area (Å²) >= 11 is 6.21. The Morgan fingerprint density at radius 3 is 2.41 bits per heavy atom. The number of ether oxygens (including phenoxy) is 1. The van der Waals surface area contributed by atoms with Crippen molar-refractivity contribution in [3.05, 3.63) is 114 Å². The van der Waals surface area contributed by atoms with Gasteiger partial charge < -0.3 is 15.0 Å². The minimum absolute atomic E-state index is 0.286. The first-order valence-corrected chi connectivity index (χ1v) is 10.4. The maximum atomic E-state index is 13.3. The molecule has 0 aliphatic heterocycles. The Balaban J connectivity index is 1.57. The summed E-state index contributed by atoms with van der Waals surface area (Å²) in [5.74, 6) is 1.16. The lowest BCUT2D eigenvalue weighted by Gasteiger charge is -2.24. The highest BCUT2D eigenvalue weighted by atomic mass is 35.5. The number of amides is 2. The van der Waals surface area contributed by atoms with Crippen LogP contribution in [0.25, 0.3) is 0 Å². The Kier molecular flexibility index (Phi) is 6.94. The third-order valence-electron chi connectivity index (χ3n) is 4.66. The zero-order chi connectivity index (χ0) is 22.2. The fraction of sp³-hybridized carbons (Fsp3) is 0.0800. The summed E-state index contributed by atoms with van der Waals surface area (Å²) in [6, 6.07) is 21.8. The molecule has 0 unspecified atom stereocenters. The number of benzene rings is 2. The molecule has 7 heteroatoms. The number of urea groups is 1. The first kappa shape index (κ1) is 21.3. The van der Waals surface area contributed by atoms with Gasteiger partial charge in [0.05, 0.1) is 5.69 Å². The van der Waals surface area contributed by atoms with Crippen molar-refractivity contribution in [2.45, 2.75) is 13.1 Å². The van der Waals surface area contributed by atoms with Gasteiger partial charge in [0.1, 0.15) is 5.75 Å². The van der Waals surface area contributed by atoms with Gasteiger partial charge in [-0.15, -0.1) is 0 Å². The average Bonchev–Trinajstić information content (AvgIpc) is 2.82. The fourth-order valence-corrected chi connectivity index (χ4v) is 3.29. The molecule has 0 spiro atoms. The van der Waals surface area contributed by atoms with Crippen molar-refractivity contribution in [2.75, 3.05) is 5.32 Å². The number of para-hydroxylation sites is 1. The molecule has 2 heterocycles. The van der Waals surface area contributed by atoms with Crippen LogP contribution >= 0.6 is 11.6 Å². The molecule has 2 aromatic heterocycles. The zero-order valence-corrected chi connectivity index (χ0v) is 17.9. The monoisotopic (exact) mass is 444 g/mol. The molecule has 2 amide bonds. The van der Waals surface area contributed by atoms with Crippen LogP contribution in [0, 0.1) is 0 Å². The van der Waals surface area contributed by atoms with E-state index in [0.29, 0.717) is 35.3 Å². The topological polar surface area (TPSA) is 67.3 Å². The third-order valence-corrected chi connectivity index (χ3v) is 4.90. The lowest BCUT2D eigenvalue weighted by atomic mass is 10.2. The first-order chi connectivity index (χ1) is 15.7. The molecule has 1 N–H and O–H groups in total. The molecule has 160 valence electrons. The molecular formula is C25H21ClN4O2. The minimum Gasteiger partial charge on any atom is -0.455 e. The van der Waals surface area contributed by atoms with Gasteiger partial charge in [-0.3, -0.25) is 9.97 Å². The van der Waals surface area contributed by atoms with Crippen molar-refractivity contribution in [3.8, 4) is 11.5 Å². The van der Waals surface area contributed by atoms with Crippen LogP contribution in [0.2, 0.25) is 5.02 Å². The van der Waals surface area contributed by atoms with Crippen LogP contribution < -0.4 is 10.1 Å². The summed E-state index contributed by atoms with van der Waals surface area (Å²) in [5, 5.41) is 3.45. The standard InChI is InChI=1S/C25H21ClN4O2/c26-21-8-9-24(32-22-6-2-1-3-7-22)23(15-21)29-25(31)30(17-19-10-13-27-14-11-19)18-20-5-4-12-28-16-20/h1-16H,17-18H2,(H,29,31). The SMILES string of the molecule is O=C(Nc1cc(Cl)ccc1Oc1ccccc1)N(Cc1ccncc1)Cc1cccnc1. The number of carbonyl (C=O) groups is 1. The van der Waals surface area contributed by atoms with Crippen LogP contribution in [0.3, 0.4) is 0 Å². The Hall–Kier alpha value is -3.90. The van der Waals surface area contributed by atoms with Gasteiger partial charge >= 0.3 is 6.03 Å². The molecule has 2 aromatic carbocycles. The van der Waals surface area contributed by atoms with Crippen molar-refractivity contribution >= 4 is 23.3 Å². The second kappa shape index (κ2) is 10.4. The average molecular weight is 445 g/mol. The Morgan fingerprint density at radius 1 is 0.875 bits per heavy atom. The van der Waals surface area contributed by atoms with E-state index in [4.69, 9.17) is 16.3 Å². The van der Waals surface area contributed by atoms with Crippen LogP contribution in [0.4, 0.5) is 10.5 Å². The van der Waals surface area contributed by atoms with Gasteiger partial charge in [-0.25, -0.2) is 4.79 Å².